The molecular formula is C12H22N4O. The molecule has 2 rings (SSSR count). The van der Waals surface area contributed by atoms with E-state index < -0.39 is 0 Å². The van der Waals surface area contributed by atoms with Gasteiger partial charge in [0.05, 0.1) is 6.10 Å². The van der Waals surface area contributed by atoms with Crippen LogP contribution in [-0.2, 0) is 17.9 Å². The van der Waals surface area contributed by atoms with Crippen LogP contribution in [0.2, 0.25) is 0 Å². The number of aromatic nitrogens is 3. The Morgan fingerprint density at radius 3 is 3.18 bits per heavy atom. The predicted octanol–water partition coefficient (Wildman–Crippen LogP) is 1.20. The Hall–Kier alpha value is -0.940. The Kier molecular flexibility index (Phi) is 4.50. The van der Waals surface area contributed by atoms with E-state index >= 15 is 0 Å². The summed E-state index contributed by atoms with van der Waals surface area (Å²) >= 11 is 0. The second-order valence-electron chi connectivity index (χ2n) is 5.03. The van der Waals surface area contributed by atoms with Crippen LogP contribution in [0.5, 0.6) is 0 Å². The van der Waals surface area contributed by atoms with Crippen molar-refractivity contribution in [2.75, 3.05) is 13.1 Å². The number of hydrogen-bond donors (Lipinski definition) is 1. The largest absolute Gasteiger partial charge is 0.369 e. The summed E-state index contributed by atoms with van der Waals surface area (Å²) in [6.45, 7) is 7.90. The van der Waals surface area contributed by atoms with Crippen molar-refractivity contribution in [3.05, 3.63) is 12.2 Å². The molecule has 2 heterocycles. The minimum Gasteiger partial charge on any atom is -0.369 e. The Bertz CT molecular complexity index is 331. The minimum absolute atomic E-state index is 0.327. The van der Waals surface area contributed by atoms with E-state index in [1.54, 1.807) is 6.33 Å². The quantitative estimate of drug-likeness (QED) is 0.837. The second-order valence-corrected chi connectivity index (χ2v) is 5.03. The third-order valence-corrected chi connectivity index (χ3v) is 2.93. The lowest BCUT2D eigenvalue weighted by atomic mass is 10.1. The zero-order valence-electron chi connectivity index (χ0n) is 10.7. The van der Waals surface area contributed by atoms with Crippen LogP contribution in [0.1, 0.15) is 32.5 Å². The zero-order chi connectivity index (χ0) is 12.1. The highest BCUT2D eigenvalue weighted by Gasteiger charge is 2.14. The fourth-order valence-corrected chi connectivity index (χ4v) is 2.05. The van der Waals surface area contributed by atoms with Crippen LogP contribution in [0.25, 0.3) is 0 Å². The molecule has 0 amide bonds. The molecule has 1 fully saturated rings. The number of nitrogens with one attached hydrogen (secondary N) is 1. The first-order valence-electron chi connectivity index (χ1n) is 6.44. The van der Waals surface area contributed by atoms with Crippen LogP contribution < -0.4 is 5.32 Å². The van der Waals surface area contributed by atoms with Crippen molar-refractivity contribution in [3.63, 3.8) is 0 Å². The van der Waals surface area contributed by atoms with Crippen LogP contribution >= 0.6 is 0 Å². The molecule has 1 atom stereocenters. The Labute approximate surface area is 103 Å². The molecular weight excluding hydrogens is 216 g/mol. The number of rotatable bonds is 5. The lowest BCUT2D eigenvalue weighted by molar-refractivity contribution is 0.0198. The number of piperidine rings is 1. The topological polar surface area (TPSA) is 52.0 Å². The van der Waals surface area contributed by atoms with E-state index in [9.17, 15) is 0 Å². The fourth-order valence-electron chi connectivity index (χ4n) is 2.05. The van der Waals surface area contributed by atoms with Crippen LogP contribution in [0.4, 0.5) is 0 Å². The summed E-state index contributed by atoms with van der Waals surface area (Å²) in [7, 11) is 0. The van der Waals surface area contributed by atoms with Gasteiger partial charge in [0.25, 0.3) is 0 Å². The monoisotopic (exact) mass is 238 g/mol. The van der Waals surface area contributed by atoms with E-state index in [2.05, 4.69) is 29.2 Å². The van der Waals surface area contributed by atoms with Crippen molar-refractivity contribution in [1.29, 1.82) is 0 Å². The molecule has 0 aliphatic carbocycles. The molecule has 96 valence electrons. The van der Waals surface area contributed by atoms with Crippen molar-refractivity contribution >= 4 is 0 Å². The van der Waals surface area contributed by atoms with Gasteiger partial charge in [-0.3, -0.25) is 0 Å². The van der Waals surface area contributed by atoms with Gasteiger partial charge in [0, 0.05) is 13.1 Å². The maximum Gasteiger partial charge on any atom is 0.152 e. The Balaban J connectivity index is 1.83. The SMILES string of the molecule is CC(C)Cn1ncnc1COC1CCCNC1. The third-order valence-electron chi connectivity index (χ3n) is 2.93. The summed E-state index contributed by atoms with van der Waals surface area (Å²) in [6, 6.07) is 0. The highest BCUT2D eigenvalue weighted by atomic mass is 16.5. The van der Waals surface area contributed by atoms with E-state index in [0.717, 1.165) is 31.9 Å². The predicted molar refractivity (Wildman–Crippen MR) is 65.5 cm³/mol. The van der Waals surface area contributed by atoms with E-state index in [1.165, 1.54) is 6.42 Å². The molecule has 1 aromatic rings. The van der Waals surface area contributed by atoms with Crippen molar-refractivity contribution in [2.24, 2.45) is 5.92 Å². The van der Waals surface area contributed by atoms with Crippen LogP contribution in [-0.4, -0.2) is 34.0 Å². The van der Waals surface area contributed by atoms with E-state index in [0.29, 0.717) is 18.6 Å². The number of ether oxygens (including phenoxy) is 1. The van der Waals surface area contributed by atoms with Gasteiger partial charge in [-0.25, -0.2) is 9.67 Å². The van der Waals surface area contributed by atoms with Gasteiger partial charge in [-0.15, -0.1) is 0 Å². The van der Waals surface area contributed by atoms with E-state index in [-0.39, 0.29) is 0 Å². The molecule has 1 saturated heterocycles. The molecule has 0 bridgehead atoms. The molecule has 1 N–H and O–H groups in total. The molecule has 0 radical (unpaired) electrons. The molecule has 1 aliphatic rings. The van der Waals surface area contributed by atoms with Crippen LogP contribution in [0, 0.1) is 5.92 Å². The fraction of sp³-hybridized carbons (Fsp3) is 0.833. The van der Waals surface area contributed by atoms with Crippen LogP contribution in [0.15, 0.2) is 6.33 Å². The summed E-state index contributed by atoms with van der Waals surface area (Å²) in [6.07, 6.45) is 4.28. The molecule has 0 aromatic carbocycles. The molecule has 1 aliphatic heterocycles. The highest BCUT2D eigenvalue weighted by molar-refractivity contribution is 4.82. The lowest BCUT2D eigenvalue weighted by Gasteiger charge is -2.22. The second kappa shape index (κ2) is 6.12. The van der Waals surface area contributed by atoms with Gasteiger partial charge in [-0.2, -0.15) is 5.10 Å². The highest BCUT2D eigenvalue weighted by Crippen LogP contribution is 2.09. The first-order chi connectivity index (χ1) is 8.25. The molecule has 5 nitrogen and oxygen atoms in total. The summed E-state index contributed by atoms with van der Waals surface area (Å²) < 4.78 is 7.81. The first-order valence-corrected chi connectivity index (χ1v) is 6.44. The lowest BCUT2D eigenvalue weighted by Crippen LogP contribution is -2.35. The summed E-state index contributed by atoms with van der Waals surface area (Å²) in [5.74, 6) is 1.51. The standard InChI is InChI=1S/C12H22N4O/c1-10(2)7-16-12(14-9-15-16)8-17-11-4-3-5-13-6-11/h9-11,13H,3-8H2,1-2H3. The first kappa shape index (κ1) is 12.5. The molecule has 0 saturated carbocycles. The Morgan fingerprint density at radius 1 is 1.59 bits per heavy atom. The number of hydrogen-bond acceptors (Lipinski definition) is 4. The van der Waals surface area contributed by atoms with Gasteiger partial charge >= 0.3 is 0 Å². The normalized spacial score (nSPS) is 21.0. The third kappa shape index (κ3) is 3.78. The van der Waals surface area contributed by atoms with Gasteiger partial charge < -0.3 is 10.1 Å². The van der Waals surface area contributed by atoms with Crippen molar-refractivity contribution < 1.29 is 4.74 Å². The average molecular weight is 238 g/mol. The van der Waals surface area contributed by atoms with Crippen molar-refractivity contribution in [1.82, 2.24) is 20.1 Å². The van der Waals surface area contributed by atoms with Gasteiger partial charge in [0.15, 0.2) is 5.82 Å². The maximum absolute atomic E-state index is 5.86. The van der Waals surface area contributed by atoms with Crippen molar-refractivity contribution in [3.8, 4) is 0 Å². The Morgan fingerprint density at radius 2 is 2.47 bits per heavy atom. The van der Waals surface area contributed by atoms with Gasteiger partial charge in [-0.05, 0) is 25.3 Å². The molecule has 5 heteroatoms. The minimum atomic E-state index is 0.327. The maximum atomic E-state index is 5.86. The van der Waals surface area contributed by atoms with E-state index in [1.807, 2.05) is 4.68 Å². The zero-order valence-corrected chi connectivity index (χ0v) is 10.7. The van der Waals surface area contributed by atoms with E-state index in [4.69, 9.17) is 4.74 Å². The van der Waals surface area contributed by atoms with Gasteiger partial charge in [0.1, 0.15) is 12.9 Å². The van der Waals surface area contributed by atoms with Crippen molar-refractivity contribution in [2.45, 2.75) is 45.9 Å². The smallest absolute Gasteiger partial charge is 0.152 e. The summed E-state index contributed by atoms with van der Waals surface area (Å²) in [4.78, 5) is 4.26. The molecule has 1 aromatic heterocycles. The summed E-state index contributed by atoms with van der Waals surface area (Å²) in [5.41, 5.74) is 0. The summed E-state index contributed by atoms with van der Waals surface area (Å²) in [5, 5.41) is 7.57. The van der Waals surface area contributed by atoms with Gasteiger partial charge in [-0.1, -0.05) is 13.8 Å². The molecule has 17 heavy (non-hydrogen) atoms. The van der Waals surface area contributed by atoms with Gasteiger partial charge in [0.2, 0.25) is 0 Å². The number of nitrogens with zero attached hydrogens (tertiary/aromatic N) is 3. The van der Waals surface area contributed by atoms with Crippen LogP contribution in [0.3, 0.4) is 0 Å². The molecule has 1 unspecified atom stereocenters. The molecule has 0 spiro atoms. The average Bonchev–Trinajstić information content (AvgIpc) is 2.74.